The van der Waals surface area contributed by atoms with Gasteiger partial charge in [-0.2, -0.15) is 22.7 Å². The number of benzene rings is 2. The van der Waals surface area contributed by atoms with Gasteiger partial charge in [0.05, 0.1) is 5.69 Å². The zero-order valence-electron chi connectivity index (χ0n) is 16.1. The van der Waals surface area contributed by atoms with Crippen LogP contribution in [0.3, 0.4) is 0 Å². The van der Waals surface area contributed by atoms with Gasteiger partial charge in [-0.3, -0.25) is 4.79 Å². The van der Waals surface area contributed by atoms with Crippen molar-refractivity contribution in [1.82, 2.24) is 24.9 Å². The summed E-state index contributed by atoms with van der Waals surface area (Å²) in [6.07, 6.45) is -4.78. The third kappa shape index (κ3) is 4.37. The molecule has 0 bridgehead atoms. The molecule has 0 unspecified atom stereocenters. The molecule has 0 aliphatic heterocycles. The first-order valence-electron chi connectivity index (χ1n) is 9.15. The van der Waals surface area contributed by atoms with Gasteiger partial charge in [-0.15, -0.1) is 5.10 Å². The third-order valence-corrected chi connectivity index (χ3v) is 4.52. The van der Waals surface area contributed by atoms with Crippen molar-refractivity contribution in [3.8, 4) is 11.3 Å². The van der Waals surface area contributed by atoms with Crippen molar-refractivity contribution in [2.75, 3.05) is 0 Å². The third-order valence-electron chi connectivity index (χ3n) is 4.52. The number of carbonyl (C=O) groups excluding carboxylic acids is 1. The Morgan fingerprint density at radius 1 is 1.03 bits per heavy atom. The highest BCUT2D eigenvalue weighted by molar-refractivity contribution is 5.90. The molecule has 1 N–H and O–H groups in total. The van der Waals surface area contributed by atoms with E-state index in [1.165, 1.54) is 12.1 Å². The van der Waals surface area contributed by atoms with Crippen LogP contribution in [-0.2, 0) is 12.7 Å². The molecule has 0 saturated heterocycles. The molecule has 0 fully saturated rings. The maximum Gasteiger partial charge on any atom is 0.433 e. The van der Waals surface area contributed by atoms with E-state index in [4.69, 9.17) is 0 Å². The van der Waals surface area contributed by atoms with E-state index in [2.05, 4.69) is 20.4 Å². The van der Waals surface area contributed by atoms with Crippen molar-refractivity contribution in [1.29, 1.82) is 0 Å². The molecular weight excluding hydrogens is 414 g/mol. The predicted molar refractivity (Wildman–Crippen MR) is 104 cm³/mol. The van der Waals surface area contributed by atoms with E-state index in [1.54, 1.807) is 0 Å². The average Bonchev–Trinajstić information content (AvgIpc) is 3.16. The minimum atomic E-state index is -4.78. The molecule has 0 radical (unpaired) electrons. The van der Waals surface area contributed by atoms with Crippen molar-refractivity contribution in [3.05, 3.63) is 83.1 Å². The summed E-state index contributed by atoms with van der Waals surface area (Å²) in [5.41, 5.74) is 0.916. The summed E-state index contributed by atoms with van der Waals surface area (Å²) in [5, 5.41) is 6.28. The highest BCUT2D eigenvalue weighted by atomic mass is 19.4. The second kappa shape index (κ2) is 7.78. The monoisotopic (exact) mass is 429 g/mol. The van der Waals surface area contributed by atoms with E-state index in [1.807, 2.05) is 31.2 Å². The van der Waals surface area contributed by atoms with Crippen LogP contribution < -0.4 is 5.32 Å². The topological polar surface area (TPSA) is 72.2 Å². The van der Waals surface area contributed by atoms with Gasteiger partial charge in [-0.1, -0.05) is 29.8 Å². The van der Waals surface area contributed by atoms with Crippen LogP contribution in [0.1, 0.15) is 27.4 Å². The summed E-state index contributed by atoms with van der Waals surface area (Å²) in [6, 6.07) is 13.0. The molecule has 0 atom stereocenters. The standard InChI is InChI=1S/C21H15F4N5O/c1-12-2-4-13(5-3-12)11-26-19(31)18-28-20-27-16(14-6-8-15(22)9-7-14)10-17(21(23,24)25)30(20)29-18/h2-10H,11H2,1H3,(H,26,31). The van der Waals surface area contributed by atoms with Crippen LogP contribution in [0.4, 0.5) is 17.6 Å². The van der Waals surface area contributed by atoms with Crippen LogP contribution in [0.15, 0.2) is 54.6 Å². The number of hydrogen-bond acceptors (Lipinski definition) is 4. The van der Waals surface area contributed by atoms with Crippen LogP contribution in [0.5, 0.6) is 0 Å². The summed E-state index contributed by atoms with van der Waals surface area (Å²) >= 11 is 0. The van der Waals surface area contributed by atoms with Crippen LogP contribution >= 0.6 is 0 Å². The van der Waals surface area contributed by atoms with Crippen LogP contribution in [-0.4, -0.2) is 25.5 Å². The lowest BCUT2D eigenvalue weighted by Gasteiger charge is -2.10. The number of nitrogens with zero attached hydrogens (tertiary/aromatic N) is 4. The number of aryl methyl sites for hydroxylation is 1. The van der Waals surface area contributed by atoms with Crippen molar-refractivity contribution in [2.45, 2.75) is 19.6 Å². The Balaban J connectivity index is 1.68. The fraction of sp³-hybridized carbons (Fsp3) is 0.143. The number of halogens is 4. The fourth-order valence-corrected chi connectivity index (χ4v) is 2.90. The van der Waals surface area contributed by atoms with Crippen molar-refractivity contribution >= 4 is 11.7 Å². The largest absolute Gasteiger partial charge is 0.433 e. The Bertz CT molecular complexity index is 1250. The molecule has 31 heavy (non-hydrogen) atoms. The van der Waals surface area contributed by atoms with E-state index in [0.29, 0.717) is 4.52 Å². The summed E-state index contributed by atoms with van der Waals surface area (Å²) in [6.45, 7) is 2.09. The van der Waals surface area contributed by atoms with Crippen LogP contribution in [0, 0.1) is 12.7 Å². The maximum absolute atomic E-state index is 13.6. The lowest BCUT2D eigenvalue weighted by Crippen LogP contribution is -2.24. The quantitative estimate of drug-likeness (QED) is 0.494. The number of alkyl halides is 3. The van der Waals surface area contributed by atoms with Gasteiger partial charge < -0.3 is 5.32 Å². The molecule has 2 aromatic carbocycles. The number of nitrogens with one attached hydrogen (secondary N) is 1. The van der Waals surface area contributed by atoms with E-state index >= 15 is 0 Å². The summed E-state index contributed by atoms with van der Waals surface area (Å²) in [4.78, 5) is 20.3. The van der Waals surface area contributed by atoms with Gasteiger partial charge in [0.15, 0.2) is 5.69 Å². The van der Waals surface area contributed by atoms with Crippen molar-refractivity contribution < 1.29 is 22.4 Å². The first-order valence-corrected chi connectivity index (χ1v) is 9.15. The molecule has 1 amide bonds. The normalized spacial score (nSPS) is 11.6. The van der Waals surface area contributed by atoms with Gasteiger partial charge in [-0.25, -0.2) is 9.37 Å². The second-order valence-electron chi connectivity index (χ2n) is 6.85. The summed E-state index contributed by atoms with van der Waals surface area (Å²) in [5.74, 6) is -2.10. The first-order chi connectivity index (χ1) is 14.7. The minimum absolute atomic E-state index is 0.0705. The molecule has 158 valence electrons. The molecular formula is C21H15F4N5O. The Hall–Kier alpha value is -3.82. The van der Waals surface area contributed by atoms with Gasteiger partial charge >= 0.3 is 6.18 Å². The van der Waals surface area contributed by atoms with Gasteiger partial charge in [0, 0.05) is 12.1 Å². The second-order valence-corrected chi connectivity index (χ2v) is 6.85. The highest BCUT2D eigenvalue weighted by Gasteiger charge is 2.36. The number of amides is 1. The summed E-state index contributed by atoms with van der Waals surface area (Å²) in [7, 11) is 0. The number of carbonyl (C=O) groups is 1. The molecule has 6 nitrogen and oxygen atoms in total. The summed E-state index contributed by atoms with van der Waals surface area (Å²) < 4.78 is 54.5. The zero-order chi connectivity index (χ0) is 22.2. The molecule has 0 aliphatic carbocycles. The van der Waals surface area contributed by atoms with Crippen molar-refractivity contribution in [2.24, 2.45) is 0 Å². The molecule has 0 aliphatic rings. The smallest absolute Gasteiger partial charge is 0.345 e. The van der Waals surface area contributed by atoms with Gasteiger partial charge in [0.2, 0.25) is 5.82 Å². The SMILES string of the molecule is Cc1ccc(CNC(=O)c2nc3nc(-c4ccc(F)cc4)cc(C(F)(F)F)n3n2)cc1. The van der Waals surface area contributed by atoms with Crippen LogP contribution in [0.2, 0.25) is 0 Å². The molecule has 0 saturated carbocycles. The Morgan fingerprint density at radius 2 is 1.71 bits per heavy atom. The minimum Gasteiger partial charge on any atom is -0.345 e. The highest BCUT2D eigenvalue weighted by Crippen LogP contribution is 2.31. The Labute approximate surface area is 173 Å². The van der Waals surface area contributed by atoms with Gasteiger partial charge in [-0.05, 0) is 42.8 Å². The first kappa shape index (κ1) is 20.5. The molecule has 4 rings (SSSR count). The molecule has 2 aromatic heterocycles. The predicted octanol–water partition coefficient (Wildman–Crippen LogP) is 4.19. The Kier molecular flexibility index (Phi) is 5.14. The fourth-order valence-electron chi connectivity index (χ4n) is 2.90. The molecule has 4 aromatic rings. The number of fused-ring (bicyclic) bond motifs is 1. The van der Waals surface area contributed by atoms with Gasteiger partial charge in [0.25, 0.3) is 11.7 Å². The number of hydrogen-bond donors (Lipinski definition) is 1. The van der Waals surface area contributed by atoms with Crippen molar-refractivity contribution in [3.63, 3.8) is 0 Å². The number of aromatic nitrogens is 4. The molecule has 10 heteroatoms. The van der Waals surface area contributed by atoms with E-state index in [-0.39, 0.29) is 17.8 Å². The molecule has 0 spiro atoms. The van der Waals surface area contributed by atoms with E-state index in [9.17, 15) is 22.4 Å². The Morgan fingerprint density at radius 3 is 2.35 bits per heavy atom. The van der Waals surface area contributed by atoms with Gasteiger partial charge in [0.1, 0.15) is 5.82 Å². The maximum atomic E-state index is 13.6. The molecule has 2 heterocycles. The lowest BCUT2D eigenvalue weighted by molar-refractivity contribution is -0.142. The van der Waals surface area contributed by atoms with E-state index < -0.39 is 35.2 Å². The number of rotatable bonds is 4. The van der Waals surface area contributed by atoms with E-state index in [0.717, 1.165) is 29.3 Å². The van der Waals surface area contributed by atoms with Crippen LogP contribution in [0.25, 0.3) is 17.0 Å². The zero-order valence-corrected chi connectivity index (χ0v) is 16.1. The average molecular weight is 429 g/mol. The lowest BCUT2D eigenvalue weighted by atomic mass is 10.1.